The highest BCUT2D eigenvalue weighted by atomic mass is 19.1. The van der Waals surface area contributed by atoms with Crippen molar-refractivity contribution in [3.8, 4) is 5.69 Å². The molecule has 16 heavy (non-hydrogen) atoms. The molecule has 2 N–H and O–H groups in total. The molecule has 0 aliphatic carbocycles. The van der Waals surface area contributed by atoms with E-state index in [-0.39, 0.29) is 18.1 Å². The van der Waals surface area contributed by atoms with E-state index < -0.39 is 11.6 Å². The van der Waals surface area contributed by atoms with E-state index in [1.54, 1.807) is 0 Å². The first-order valence-electron chi connectivity index (χ1n) is 4.57. The van der Waals surface area contributed by atoms with Crippen LogP contribution in [0.1, 0.15) is 11.4 Å². The molecule has 0 saturated heterocycles. The SMILES string of the molecule is Cc1ccc(F)c(-n2nnnc2CN)c1F. The zero-order valence-corrected chi connectivity index (χ0v) is 8.48. The molecular weight excluding hydrogens is 216 g/mol. The summed E-state index contributed by atoms with van der Waals surface area (Å²) in [6, 6.07) is 2.51. The van der Waals surface area contributed by atoms with E-state index in [0.717, 1.165) is 10.7 Å². The maximum absolute atomic E-state index is 13.7. The monoisotopic (exact) mass is 225 g/mol. The van der Waals surface area contributed by atoms with Crippen LogP contribution in [0.4, 0.5) is 8.78 Å². The molecular formula is C9H9F2N5. The first-order valence-corrected chi connectivity index (χ1v) is 4.57. The van der Waals surface area contributed by atoms with Gasteiger partial charge in [-0.05, 0) is 29.0 Å². The number of tetrazole rings is 1. The van der Waals surface area contributed by atoms with E-state index in [1.807, 2.05) is 0 Å². The van der Waals surface area contributed by atoms with Crippen LogP contribution in [0.3, 0.4) is 0 Å². The standard InChI is InChI=1S/C9H9F2N5/c1-5-2-3-6(10)9(8(5)11)16-7(4-12)13-14-15-16/h2-3H,4,12H2,1H3. The fourth-order valence-electron chi connectivity index (χ4n) is 1.34. The predicted octanol–water partition coefficient (Wildman–Crippen LogP) is 0.708. The van der Waals surface area contributed by atoms with Gasteiger partial charge in [0, 0.05) is 0 Å². The summed E-state index contributed by atoms with van der Waals surface area (Å²) in [5, 5.41) is 10.4. The zero-order chi connectivity index (χ0) is 11.7. The molecule has 0 aliphatic rings. The average molecular weight is 225 g/mol. The van der Waals surface area contributed by atoms with Gasteiger partial charge in [-0.15, -0.1) is 5.10 Å². The second-order valence-corrected chi connectivity index (χ2v) is 3.24. The van der Waals surface area contributed by atoms with Crippen LogP contribution in [0, 0.1) is 18.6 Å². The lowest BCUT2D eigenvalue weighted by Crippen LogP contribution is -2.11. The van der Waals surface area contributed by atoms with Crippen molar-refractivity contribution in [1.29, 1.82) is 0 Å². The first kappa shape index (κ1) is 10.6. The lowest BCUT2D eigenvalue weighted by molar-refractivity contribution is 0.546. The van der Waals surface area contributed by atoms with Crippen LogP contribution in [-0.4, -0.2) is 20.2 Å². The van der Waals surface area contributed by atoms with Crippen LogP contribution in [0.25, 0.3) is 5.69 Å². The Morgan fingerprint density at radius 2 is 2.12 bits per heavy atom. The normalized spacial score (nSPS) is 10.8. The number of rotatable bonds is 2. The Kier molecular flexibility index (Phi) is 2.61. The van der Waals surface area contributed by atoms with E-state index in [1.165, 1.54) is 13.0 Å². The van der Waals surface area contributed by atoms with Crippen molar-refractivity contribution in [2.24, 2.45) is 5.73 Å². The van der Waals surface area contributed by atoms with Crippen molar-refractivity contribution >= 4 is 0 Å². The number of hydrogen-bond acceptors (Lipinski definition) is 4. The predicted molar refractivity (Wildman–Crippen MR) is 51.7 cm³/mol. The third-order valence-electron chi connectivity index (χ3n) is 2.19. The number of aromatic nitrogens is 4. The Morgan fingerprint density at radius 3 is 2.81 bits per heavy atom. The quantitative estimate of drug-likeness (QED) is 0.817. The number of aryl methyl sites for hydroxylation is 1. The summed E-state index contributed by atoms with van der Waals surface area (Å²) < 4.78 is 28.2. The number of hydrogen-bond donors (Lipinski definition) is 1. The molecule has 0 spiro atoms. The van der Waals surface area contributed by atoms with Crippen molar-refractivity contribution in [3.63, 3.8) is 0 Å². The van der Waals surface area contributed by atoms with Crippen LogP contribution in [-0.2, 0) is 6.54 Å². The van der Waals surface area contributed by atoms with Crippen molar-refractivity contribution in [2.75, 3.05) is 0 Å². The molecule has 0 atom stereocenters. The van der Waals surface area contributed by atoms with Gasteiger partial charge >= 0.3 is 0 Å². The molecule has 0 radical (unpaired) electrons. The maximum Gasteiger partial charge on any atom is 0.170 e. The summed E-state index contributed by atoms with van der Waals surface area (Å²) in [6.07, 6.45) is 0. The zero-order valence-electron chi connectivity index (χ0n) is 8.48. The molecule has 0 bridgehead atoms. The van der Waals surface area contributed by atoms with E-state index in [0.29, 0.717) is 5.56 Å². The topological polar surface area (TPSA) is 69.6 Å². The summed E-state index contributed by atoms with van der Waals surface area (Å²) in [5.41, 5.74) is 5.38. The van der Waals surface area contributed by atoms with E-state index >= 15 is 0 Å². The van der Waals surface area contributed by atoms with Gasteiger partial charge in [-0.25, -0.2) is 8.78 Å². The highest BCUT2D eigenvalue weighted by Gasteiger charge is 2.17. The Hall–Kier alpha value is -1.89. The van der Waals surface area contributed by atoms with Gasteiger partial charge in [0.05, 0.1) is 6.54 Å². The third kappa shape index (κ3) is 1.54. The number of halogens is 2. The van der Waals surface area contributed by atoms with Crippen molar-refractivity contribution in [1.82, 2.24) is 20.2 Å². The van der Waals surface area contributed by atoms with Crippen LogP contribution in [0.5, 0.6) is 0 Å². The van der Waals surface area contributed by atoms with Gasteiger partial charge in [0.25, 0.3) is 0 Å². The summed E-state index contributed by atoms with van der Waals surface area (Å²) in [6.45, 7) is 1.53. The molecule has 0 saturated carbocycles. The van der Waals surface area contributed by atoms with Gasteiger partial charge in [0.1, 0.15) is 5.69 Å². The molecule has 0 fully saturated rings. The van der Waals surface area contributed by atoms with Gasteiger partial charge in [-0.2, -0.15) is 4.68 Å². The van der Waals surface area contributed by atoms with E-state index in [4.69, 9.17) is 5.73 Å². The molecule has 1 heterocycles. The van der Waals surface area contributed by atoms with Crippen LogP contribution >= 0.6 is 0 Å². The summed E-state index contributed by atoms with van der Waals surface area (Å²) in [4.78, 5) is 0. The summed E-state index contributed by atoms with van der Waals surface area (Å²) >= 11 is 0. The Bertz CT molecular complexity index is 523. The summed E-state index contributed by atoms with van der Waals surface area (Å²) in [5.74, 6) is -1.23. The molecule has 5 nitrogen and oxygen atoms in total. The van der Waals surface area contributed by atoms with E-state index in [9.17, 15) is 8.78 Å². The number of benzene rings is 1. The molecule has 0 amide bonds. The molecule has 7 heteroatoms. The molecule has 1 aromatic carbocycles. The average Bonchev–Trinajstić information content (AvgIpc) is 2.72. The Morgan fingerprint density at radius 1 is 1.38 bits per heavy atom. The highest BCUT2D eigenvalue weighted by molar-refractivity contribution is 5.38. The summed E-state index contributed by atoms with van der Waals surface area (Å²) in [7, 11) is 0. The van der Waals surface area contributed by atoms with Gasteiger partial charge < -0.3 is 5.73 Å². The maximum atomic E-state index is 13.7. The molecule has 84 valence electrons. The van der Waals surface area contributed by atoms with Crippen molar-refractivity contribution < 1.29 is 8.78 Å². The van der Waals surface area contributed by atoms with Crippen molar-refractivity contribution in [2.45, 2.75) is 13.5 Å². The lowest BCUT2D eigenvalue weighted by Gasteiger charge is -2.07. The first-order chi connectivity index (χ1) is 7.65. The second kappa shape index (κ2) is 3.93. The minimum atomic E-state index is -0.731. The van der Waals surface area contributed by atoms with Crippen molar-refractivity contribution in [3.05, 3.63) is 35.2 Å². The van der Waals surface area contributed by atoms with Gasteiger partial charge in [-0.1, -0.05) is 6.07 Å². The molecule has 0 aliphatic heterocycles. The van der Waals surface area contributed by atoms with Gasteiger partial charge in [-0.3, -0.25) is 0 Å². The number of nitrogens with zero attached hydrogens (tertiary/aromatic N) is 4. The van der Waals surface area contributed by atoms with Crippen LogP contribution < -0.4 is 5.73 Å². The lowest BCUT2D eigenvalue weighted by atomic mass is 10.2. The highest BCUT2D eigenvalue weighted by Crippen LogP contribution is 2.20. The van der Waals surface area contributed by atoms with Crippen LogP contribution in [0.2, 0.25) is 0 Å². The van der Waals surface area contributed by atoms with Crippen LogP contribution in [0.15, 0.2) is 12.1 Å². The fourth-order valence-corrected chi connectivity index (χ4v) is 1.34. The molecule has 0 unspecified atom stereocenters. The number of nitrogens with two attached hydrogens (primary N) is 1. The minimum absolute atomic E-state index is 0.000177. The van der Waals surface area contributed by atoms with E-state index in [2.05, 4.69) is 15.5 Å². The Labute approximate surface area is 89.9 Å². The molecule has 2 aromatic rings. The third-order valence-corrected chi connectivity index (χ3v) is 2.19. The Balaban J connectivity index is 2.68. The molecule has 2 rings (SSSR count). The minimum Gasteiger partial charge on any atom is -0.324 e. The second-order valence-electron chi connectivity index (χ2n) is 3.24. The fraction of sp³-hybridized carbons (Fsp3) is 0.222. The molecule has 1 aromatic heterocycles. The smallest absolute Gasteiger partial charge is 0.170 e. The van der Waals surface area contributed by atoms with Gasteiger partial charge in [0.15, 0.2) is 17.5 Å². The largest absolute Gasteiger partial charge is 0.324 e. The van der Waals surface area contributed by atoms with Gasteiger partial charge in [0.2, 0.25) is 0 Å².